The van der Waals surface area contributed by atoms with Crippen LogP contribution in [0.1, 0.15) is 53.4 Å². The predicted octanol–water partition coefficient (Wildman–Crippen LogP) is 3.64. The van der Waals surface area contributed by atoms with E-state index in [1.165, 1.54) is 6.08 Å². The number of hydrogen-bond acceptors (Lipinski definition) is 3. The molecule has 0 radical (unpaired) electrons. The molecule has 1 N–H and O–H groups in total. The summed E-state index contributed by atoms with van der Waals surface area (Å²) in [4.78, 5) is 11.8. The summed E-state index contributed by atoms with van der Waals surface area (Å²) >= 11 is 0. The third kappa shape index (κ3) is 6.01. The fourth-order valence-corrected chi connectivity index (χ4v) is 1.51. The smallest absolute Gasteiger partial charge is 0.161 e. The molecular weight excluding hydrogens is 275 g/mol. The van der Waals surface area contributed by atoms with Crippen LogP contribution in [0, 0.1) is 5.92 Å². The molecule has 2 unspecified atom stereocenters. The average Bonchev–Trinajstić information content (AvgIpc) is 2.34. The summed E-state index contributed by atoms with van der Waals surface area (Å²) in [6.07, 6.45) is 4.94. The normalized spacial score (nSPS) is 16.6. The van der Waals surface area contributed by atoms with E-state index in [1.807, 2.05) is 13.8 Å². The van der Waals surface area contributed by atoms with Gasteiger partial charge in [0.2, 0.25) is 0 Å². The Labute approximate surface area is 121 Å². The van der Waals surface area contributed by atoms with Gasteiger partial charge in [0, 0.05) is 35.6 Å². The maximum atomic E-state index is 11.8. The number of unbranched alkanes of at least 4 members (excludes halogenated alkanes) is 1. The number of methoxy groups -OCH3 is 1. The summed E-state index contributed by atoms with van der Waals surface area (Å²) in [6.45, 7) is 7.70. The molecule has 0 aliphatic heterocycles. The van der Waals surface area contributed by atoms with Crippen LogP contribution < -0.4 is 0 Å². The SMILES string of the molecule is CCCCC(C)C(=O)/C=C(\O)C(C)(CC)OC.[Ni]. The van der Waals surface area contributed by atoms with Crippen LogP contribution in [0.15, 0.2) is 11.8 Å². The maximum Gasteiger partial charge on any atom is 0.161 e. The third-order valence-corrected chi connectivity index (χ3v) is 3.42. The number of carbonyl (C=O) groups is 1. The second-order valence-corrected chi connectivity index (χ2v) is 4.76. The van der Waals surface area contributed by atoms with Crippen molar-refractivity contribution in [1.82, 2.24) is 0 Å². The summed E-state index contributed by atoms with van der Waals surface area (Å²) in [5.74, 6) is -0.0291. The number of aliphatic hydroxyl groups excluding tert-OH is 1. The molecular formula is C14H26NiO3. The van der Waals surface area contributed by atoms with Crippen LogP contribution in [0.5, 0.6) is 0 Å². The molecule has 0 aromatic carbocycles. The Morgan fingerprint density at radius 3 is 2.39 bits per heavy atom. The molecule has 0 saturated heterocycles. The molecule has 0 aliphatic carbocycles. The van der Waals surface area contributed by atoms with Crippen LogP contribution in [0.4, 0.5) is 0 Å². The largest absolute Gasteiger partial charge is 0.509 e. The van der Waals surface area contributed by atoms with Gasteiger partial charge in [0.25, 0.3) is 0 Å². The standard InChI is InChI=1S/C14H26O3.Ni/c1-6-8-9-11(3)12(15)10-13(16)14(4,7-2)17-5;/h10-11,16H,6-9H2,1-5H3;/b13-10-;. The predicted molar refractivity (Wildman–Crippen MR) is 70.1 cm³/mol. The fraction of sp³-hybridized carbons (Fsp3) is 0.786. The van der Waals surface area contributed by atoms with Crippen molar-refractivity contribution in [2.45, 2.75) is 59.0 Å². The zero-order chi connectivity index (χ0) is 13.5. The van der Waals surface area contributed by atoms with Crippen molar-refractivity contribution in [1.29, 1.82) is 0 Å². The number of ether oxygens (including phenoxy) is 1. The van der Waals surface area contributed by atoms with Crippen LogP contribution in [-0.4, -0.2) is 23.6 Å². The topological polar surface area (TPSA) is 46.5 Å². The molecule has 0 heterocycles. The van der Waals surface area contributed by atoms with Crippen molar-refractivity contribution in [3.05, 3.63) is 11.8 Å². The van der Waals surface area contributed by atoms with E-state index in [0.29, 0.717) is 6.42 Å². The second kappa shape index (κ2) is 9.57. The number of allylic oxidation sites excluding steroid dienone is 1. The van der Waals surface area contributed by atoms with E-state index in [0.717, 1.165) is 19.3 Å². The molecule has 0 fully saturated rings. The summed E-state index contributed by atoms with van der Waals surface area (Å²) < 4.78 is 5.24. The maximum absolute atomic E-state index is 11.8. The minimum absolute atomic E-state index is 0. The Morgan fingerprint density at radius 2 is 2.00 bits per heavy atom. The number of hydrogen-bond donors (Lipinski definition) is 1. The molecule has 110 valence electrons. The quantitative estimate of drug-likeness (QED) is 0.423. The number of aliphatic hydroxyl groups is 1. The molecule has 3 nitrogen and oxygen atoms in total. The summed E-state index contributed by atoms with van der Waals surface area (Å²) in [5, 5.41) is 9.93. The van der Waals surface area contributed by atoms with Crippen molar-refractivity contribution in [3.63, 3.8) is 0 Å². The van der Waals surface area contributed by atoms with Gasteiger partial charge in [-0.15, -0.1) is 0 Å². The first-order valence-electron chi connectivity index (χ1n) is 6.41. The van der Waals surface area contributed by atoms with Gasteiger partial charge in [-0.1, -0.05) is 33.6 Å². The van der Waals surface area contributed by atoms with Crippen LogP contribution in [-0.2, 0) is 26.0 Å². The van der Waals surface area contributed by atoms with E-state index >= 15 is 0 Å². The summed E-state index contributed by atoms with van der Waals surface area (Å²) in [6, 6.07) is 0. The van der Waals surface area contributed by atoms with Crippen molar-refractivity contribution in [2.24, 2.45) is 5.92 Å². The van der Waals surface area contributed by atoms with Gasteiger partial charge in [0.15, 0.2) is 5.78 Å². The van der Waals surface area contributed by atoms with Gasteiger partial charge in [0.1, 0.15) is 11.4 Å². The molecule has 2 atom stereocenters. The number of rotatable bonds is 8. The molecule has 4 heteroatoms. The van der Waals surface area contributed by atoms with Crippen molar-refractivity contribution >= 4 is 5.78 Å². The van der Waals surface area contributed by atoms with Crippen molar-refractivity contribution < 1.29 is 31.1 Å². The minimum atomic E-state index is -0.750. The van der Waals surface area contributed by atoms with E-state index < -0.39 is 5.60 Å². The Bertz CT molecular complexity index is 270. The van der Waals surface area contributed by atoms with E-state index in [-0.39, 0.29) is 34.0 Å². The number of ketones is 1. The van der Waals surface area contributed by atoms with Gasteiger partial charge in [-0.3, -0.25) is 4.79 Å². The Morgan fingerprint density at radius 1 is 1.44 bits per heavy atom. The monoisotopic (exact) mass is 300 g/mol. The summed E-state index contributed by atoms with van der Waals surface area (Å²) in [5.41, 5.74) is -0.750. The summed E-state index contributed by atoms with van der Waals surface area (Å²) in [7, 11) is 1.54. The third-order valence-electron chi connectivity index (χ3n) is 3.42. The Hall–Kier alpha value is -0.336. The van der Waals surface area contributed by atoms with E-state index in [1.54, 1.807) is 14.0 Å². The molecule has 0 spiro atoms. The molecule has 0 bridgehead atoms. The van der Waals surface area contributed by atoms with Crippen LogP contribution in [0.2, 0.25) is 0 Å². The van der Waals surface area contributed by atoms with E-state index in [4.69, 9.17) is 4.74 Å². The van der Waals surface area contributed by atoms with E-state index in [9.17, 15) is 9.90 Å². The van der Waals surface area contributed by atoms with Gasteiger partial charge in [-0.2, -0.15) is 0 Å². The van der Waals surface area contributed by atoms with Gasteiger partial charge in [-0.05, 0) is 19.8 Å². The zero-order valence-electron chi connectivity index (χ0n) is 12.1. The molecule has 18 heavy (non-hydrogen) atoms. The second-order valence-electron chi connectivity index (χ2n) is 4.76. The minimum Gasteiger partial charge on any atom is -0.509 e. The molecule has 0 aromatic heterocycles. The first kappa shape index (κ1) is 20.0. The first-order chi connectivity index (χ1) is 7.91. The van der Waals surface area contributed by atoms with Gasteiger partial charge in [-0.25, -0.2) is 0 Å². The molecule has 0 saturated carbocycles. The van der Waals surface area contributed by atoms with Crippen LogP contribution in [0.3, 0.4) is 0 Å². The van der Waals surface area contributed by atoms with E-state index in [2.05, 4.69) is 6.92 Å². The van der Waals surface area contributed by atoms with Gasteiger partial charge in [0.05, 0.1) is 0 Å². The van der Waals surface area contributed by atoms with Gasteiger partial charge < -0.3 is 9.84 Å². The Kier molecular flexibility index (Phi) is 10.6. The molecule has 0 aliphatic rings. The molecule has 0 aromatic rings. The molecule has 0 rings (SSSR count). The van der Waals surface area contributed by atoms with Gasteiger partial charge >= 0.3 is 0 Å². The van der Waals surface area contributed by atoms with Crippen molar-refractivity contribution in [2.75, 3.05) is 7.11 Å². The Balaban J connectivity index is 0. The average molecular weight is 301 g/mol. The first-order valence-corrected chi connectivity index (χ1v) is 6.41. The van der Waals surface area contributed by atoms with Crippen LogP contribution in [0.25, 0.3) is 0 Å². The van der Waals surface area contributed by atoms with Crippen molar-refractivity contribution in [3.8, 4) is 0 Å². The zero-order valence-corrected chi connectivity index (χ0v) is 13.1. The molecule has 0 amide bonds. The fourth-order valence-electron chi connectivity index (χ4n) is 1.51. The number of carbonyl (C=O) groups excluding carboxylic acids is 1. The van der Waals surface area contributed by atoms with Crippen LogP contribution >= 0.6 is 0 Å².